The van der Waals surface area contributed by atoms with Crippen LogP contribution in [0.2, 0.25) is 0 Å². The average Bonchev–Trinajstić information content (AvgIpc) is 3.18. The Morgan fingerprint density at radius 1 is 1.03 bits per heavy atom. The van der Waals surface area contributed by atoms with E-state index in [0.717, 1.165) is 23.5 Å². The Balaban J connectivity index is 2.05. The number of nitrogens with one attached hydrogen (secondary N) is 1. The Kier molecular flexibility index (Phi) is 6.66. The first kappa shape index (κ1) is 25.7. The second-order valence-electron chi connectivity index (χ2n) is 7.20. The van der Waals surface area contributed by atoms with Gasteiger partial charge in [-0.15, -0.1) is 5.10 Å². The van der Waals surface area contributed by atoms with Crippen molar-refractivity contribution in [2.24, 2.45) is 5.73 Å². The molecule has 0 aliphatic rings. The minimum absolute atomic E-state index is 0.0247. The molecule has 2 aromatic carbocycles. The molecule has 0 bridgehead atoms. The summed E-state index contributed by atoms with van der Waals surface area (Å²) in [4.78, 5) is 15.7. The quantitative estimate of drug-likeness (QED) is 0.379. The lowest BCUT2D eigenvalue weighted by Crippen LogP contribution is -2.14. The van der Waals surface area contributed by atoms with Crippen LogP contribution in [0.3, 0.4) is 0 Å². The first-order chi connectivity index (χ1) is 16.0. The summed E-state index contributed by atoms with van der Waals surface area (Å²) in [5.41, 5.74) is 1.82. The van der Waals surface area contributed by atoms with Crippen LogP contribution in [0, 0.1) is 0 Å². The molecule has 0 fully saturated rings. The molecule has 15 heteroatoms. The zero-order valence-corrected chi connectivity index (χ0v) is 18.3. The number of anilines is 1. The number of amides is 1. The van der Waals surface area contributed by atoms with Gasteiger partial charge in [0.25, 0.3) is 5.91 Å². The number of carbonyl (C=O) groups is 1. The number of sulfonamides is 1. The molecule has 3 aromatic rings. The van der Waals surface area contributed by atoms with Crippen molar-refractivity contribution in [3.63, 3.8) is 0 Å². The molecule has 1 amide bonds. The number of carbonyl (C=O) groups excluding carboxylic acids is 1. The number of rotatable bonds is 6. The van der Waals surface area contributed by atoms with Gasteiger partial charge in [0.1, 0.15) is 6.33 Å². The summed E-state index contributed by atoms with van der Waals surface area (Å²) in [6.07, 6.45) is -7.20. The number of aromatic nitrogens is 3. The van der Waals surface area contributed by atoms with Gasteiger partial charge in [-0.2, -0.15) is 26.3 Å². The fraction of sp³-hybridized carbons (Fsp3) is 0.150. The van der Waals surface area contributed by atoms with E-state index in [0.29, 0.717) is 12.1 Å². The van der Waals surface area contributed by atoms with Crippen molar-refractivity contribution >= 4 is 33.4 Å². The van der Waals surface area contributed by atoms with Crippen LogP contribution in [0.25, 0.3) is 23.2 Å². The third-order valence-electron chi connectivity index (χ3n) is 4.36. The number of hydrogen-bond acceptors (Lipinski definition) is 5. The molecule has 3 rings (SSSR count). The Morgan fingerprint density at radius 3 is 2.14 bits per heavy atom. The van der Waals surface area contributed by atoms with Crippen LogP contribution in [0.5, 0.6) is 0 Å². The van der Waals surface area contributed by atoms with Crippen LogP contribution >= 0.6 is 0 Å². The molecule has 0 radical (unpaired) electrons. The first-order valence-corrected chi connectivity index (χ1v) is 11.2. The number of primary amides is 1. The van der Waals surface area contributed by atoms with E-state index in [1.165, 1.54) is 24.3 Å². The SMILES string of the molecule is CS(=O)(=O)Nc1cccc(/C(=C\n2cnc(-c3cc(C(F)(F)F)cc(C(F)(F)F)c3)n2)C(N)=O)c1. The summed E-state index contributed by atoms with van der Waals surface area (Å²) in [5, 5.41) is 3.83. The van der Waals surface area contributed by atoms with Crippen molar-refractivity contribution in [2.45, 2.75) is 12.4 Å². The van der Waals surface area contributed by atoms with Crippen LogP contribution in [-0.2, 0) is 27.2 Å². The van der Waals surface area contributed by atoms with Crippen molar-refractivity contribution in [2.75, 3.05) is 11.0 Å². The van der Waals surface area contributed by atoms with Gasteiger partial charge < -0.3 is 5.73 Å². The maximum Gasteiger partial charge on any atom is 0.416 e. The van der Waals surface area contributed by atoms with Gasteiger partial charge in [0, 0.05) is 17.5 Å². The summed E-state index contributed by atoms with van der Waals surface area (Å²) in [6.45, 7) is 0. The largest absolute Gasteiger partial charge is 0.416 e. The third kappa shape index (κ3) is 6.59. The predicted molar refractivity (Wildman–Crippen MR) is 114 cm³/mol. The lowest BCUT2D eigenvalue weighted by molar-refractivity contribution is -0.143. The lowest BCUT2D eigenvalue weighted by atomic mass is 10.0. The van der Waals surface area contributed by atoms with Gasteiger partial charge in [-0.3, -0.25) is 9.52 Å². The molecule has 0 spiro atoms. The fourth-order valence-corrected chi connectivity index (χ4v) is 3.49. The highest BCUT2D eigenvalue weighted by atomic mass is 32.2. The highest BCUT2D eigenvalue weighted by Crippen LogP contribution is 2.38. The molecule has 0 aliphatic carbocycles. The van der Waals surface area contributed by atoms with Crippen molar-refractivity contribution < 1.29 is 39.6 Å². The third-order valence-corrected chi connectivity index (χ3v) is 4.96. The van der Waals surface area contributed by atoms with E-state index in [4.69, 9.17) is 5.73 Å². The van der Waals surface area contributed by atoms with Gasteiger partial charge in [0.2, 0.25) is 10.0 Å². The number of hydrogen-bond donors (Lipinski definition) is 2. The van der Waals surface area contributed by atoms with E-state index in [2.05, 4.69) is 14.8 Å². The number of nitrogens with zero attached hydrogens (tertiary/aromatic N) is 3. The molecule has 3 N–H and O–H groups in total. The highest BCUT2D eigenvalue weighted by Gasteiger charge is 2.37. The summed E-state index contributed by atoms with van der Waals surface area (Å²) >= 11 is 0. The molecular weight excluding hydrogens is 504 g/mol. The normalized spacial score (nSPS) is 13.1. The Bertz CT molecular complexity index is 1380. The van der Waals surface area contributed by atoms with E-state index in [-0.39, 0.29) is 22.9 Å². The van der Waals surface area contributed by atoms with Crippen LogP contribution < -0.4 is 10.5 Å². The minimum atomic E-state index is -5.05. The molecular formula is C20H15F6N5O3S. The smallest absolute Gasteiger partial charge is 0.366 e. The molecule has 0 unspecified atom stereocenters. The molecule has 35 heavy (non-hydrogen) atoms. The number of halogens is 6. The molecule has 0 saturated carbocycles. The summed E-state index contributed by atoms with van der Waals surface area (Å²) in [6, 6.07) is 6.45. The molecule has 8 nitrogen and oxygen atoms in total. The first-order valence-electron chi connectivity index (χ1n) is 9.34. The van der Waals surface area contributed by atoms with Crippen LogP contribution in [-0.4, -0.2) is 35.3 Å². The number of benzene rings is 2. The van der Waals surface area contributed by atoms with Crippen LogP contribution in [0.1, 0.15) is 16.7 Å². The molecule has 0 aliphatic heterocycles. The second kappa shape index (κ2) is 9.05. The molecule has 186 valence electrons. The van der Waals surface area contributed by atoms with Crippen molar-refractivity contribution in [3.05, 3.63) is 65.5 Å². The van der Waals surface area contributed by atoms with E-state index in [9.17, 15) is 39.6 Å². The van der Waals surface area contributed by atoms with E-state index >= 15 is 0 Å². The van der Waals surface area contributed by atoms with Gasteiger partial charge in [0.15, 0.2) is 5.82 Å². The van der Waals surface area contributed by atoms with Gasteiger partial charge in [-0.05, 0) is 35.9 Å². The Hall–Kier alpha value is -3.88. The van der Waals surface area contributed by atoms with Gasteiger partial charge in [-0.1, -0.05) is 12.1 Å². The number of alkyl halides is 6. The highest BCUT2D eigenvalue weighted by molar-refractivity contribution is 7.92. The van der Waals surface area contributed by atoms with Gasteiger partial charge in [0.05, 0.1) is 23.0 Å². The monoisotopic (exact) mass is 519 g/mol. The molecule has 1 aromatic heterocycles. The van der Waals surface area contributed by atoms with E-state index < -0.39 is 50.8 Å². The average molecular weight is 519 g/mol. The second-order valence-corrected chi connectivity index (χ2v) is 8.95. The lowest BCUT2D eigenvalue weighted by Gasteiger charge is -2.13. The van der Waals surface area contributed by atoms with Crippen molar-refractivity contribution in [3.8, 4) is 11.4 Å². The molecule has 1 heterocycles. The summed E-state index contributed by atoms with van der Waals surface area (Å²) in [7, 11) is -3.63. The Labute approximate surface area is 194 Å². The maximum atomic E-state index is 13.1. The van der Waals surface area contributed by atoms with E-state index in [1.807, 2.05) is 0 Å². The predicted octanol–water partition coefficient (Wildman–Crippen LogP) is 3.84. The van der Waals surface area contributed by atoms with Gasteiger partial charge in [-0.25, -0.2) is 18.1 Å². The number of nitrogens with two attached hydrogens (primary N) is 1. The fourth-order valence-electron chi connectivity index (χ4n) is 2.93. The maximum absolute atomic E-state index is 13.1. The summed E-state index contributed by atoms with van der Waals surface area (Å²) < 4.78 is 105. The zero-order chi connectivity index (χ0) is 26.2. The summed E-state index contributed by atoms with van der Waals surface area (Å²) in [5.74, 6) is -1.45. The minimum Gasteiger partial charge on any atom is -0.366 e. The van der Waals surface area contributed by atoms with Gasteiger partial charge >= 0.3 is 12.4 Å². The molecule has 0 atom stereocenters. The standard InChI is InChI=1S/C20H15F6N5O3S/c1-35(33,34)30-15-4-2-3-11(7-15)16(17(27)32)9-31-10-28-18(29-31)12-5-13(19(21,22)23)8-14(6-12)20(24,25)26/h2-10,30H,1H3,(H2,27,32)/b16-9+. The van der Waals surface area contributed by atoms with Crippen LogP contribution in [0.15, 0.2) is 48.8 Å². The van der Waals surface area contributed by atoms with Crippen molar-refractivity contribution in [1.29, 1.82) is 0 Å². The van der Waals surface area contributed by atoms with Crippen molar-refractivity contribution in [1.82, 2.24) is 14.8 Å². The zero-order valence-electron chi connectivity index (χ0n) is 17.5. The van der Waals surface area contributed by atoms with Crippen LogP contribution in [0.4, 0.5) is 32.0 Å². The Morgan fingerprint density at radius 2 is 1.63 bits per heavy atom. The van der Waals surface area contributed by atoms with E-state index in [1.54, 1.807) is 0 Å². The molecule has 0 saturated heterocycles. The topological polar surface area (TPSA) is 120 Å².